The number of aryl methyl sites for hydroxylation is 1. The molecular formula is C19H24N4O2S2. The summed E-state index contributed by atoms with van der Waals surface area (Å²) in [5.41, 5.74) is 2.47. The molecule has 8 heteroatoms. The molecule has 0 bridgehead atoms. The summed E-state index contributed by atoms with van der Waals surface area (Å²) in [6.07, 6.45) is 2.56. The topological polar surface area (TPSA) is 73.0 Å². The lowest BCUT2D eigenvalue weighted by Crippen LogP contribution is -2.24. The highest BCUT2D eigenvalue weighted by atomic mass is 32.2. The second-order valence-electron chi connectivity index (χ2n) is 6.45. The Morgan fingerprint density at radius 3 is 2.89 bits per heavy atom. The van der Waals surface area contributed by atoms with Gasteiger partial charge in [-0.25, -0.2) is 0 Å². The molecule has 0 saturated carbocycles. The van der Waals surface area contributed by atoms with Crippen LogP contribution >= 0.6 is 23.1 Å². The van der Waals surface area contributed by atoms with Gasteiger partial charge in [-0.2, -0.15) is 0 Å². The van der Waals surface area contributed by atoms with Gasteiger partial charge in [0.1, 0.15) is 5.76 Å². The predicted octanol–water partition coefficient (Wildman–Crippen LogP) is 4.46. The summed E-state index contributed by atoms with van der Waals surface area (Å²) in [6.45, 7) is 8.91. The molecule has 3 aromatic rings. The molecule has 3 aromatic heterocycles. The van der Waals surface area contributed by atoms with Gasteiger partial charge in [-0.15, -0.1) is 21.5 Å². The lowest BCUT2D eigenvalue weighted by Gasteiger charge is -2.14. The molecule has 3 heterocycles. The maximum atomic E-state index is 12.1. The number of carbonyl (C=O) groups excluding carboxylic acids is 1. The lowest BCUT2D eigenvalue weighted by molar-refractivity contribution is -0.118. The summed E-state index contributed by atoms with van der Waals surface area (Å²) in [4.78, 5) is 13.5. The fraction of sp³-hybridized carbons (Fsp3) is 0.421. The normalized spacial score (nSPS) is 11.3. The van der Waals surface area contributed by atoms with E-state index in [4.69, 9.17) is 4.42 Å². The molecule has 27 heavy (non-hydrogen) atoms. The molecule has 0 saturated heterocycles. The van der Waals surface area contributed by atoms with E-state index in [2.05, 4.69) is 53.2 Å². The van der Waals surface area contributed by atoms with E-state index in [-0.39, 0.29) is 17.7 Å². The number of hydrogen-bond acceptors (Lipinski definition) is 6. The molecule has 3 rings (SSSR count). The minimum Gasteiger partial charge on any atom is -0.467 e. The molecule has 6 nitrogen and oxygen atoms in total. The number of thiophene rings is 1. The highest BCUT2D eigenvalue weighted by molar-refractivity contribution is 7.99. The molecule has 0 spiro atoms. The van der Waals surface area contributed by atoms with Crippen LogP contribution in [0.15, 0.2) is 33.3 Å². The molecule has 0 radical (unpaired) electrons. The maximum Gasteiger partial charge on any atom is 0.230 e. The van der Waals surface area contributed by atoms with Gasteiger partial charge >= 0.3 is 0 Å². The van der Waals surface area contributed by atoms with Crippen LogP contribution in [0.5, 0.6) is 0 Å². The summed E-state index contributed by atoms with van der Waals surface area (Å²) in [5.74, 6) is 1.84. The molecule has 0 atom stereocenters. The highest BCUT2D eigenvalue weighted by Crippen LogP contribution is 2.34. The Kier molecular flexibility index (Phi) is 6.38. The molecule has 0 aliphatic carbocycles. The number of rotatable bonds is 8. The zero-order valence-electron chi connectivity index (χ0n) is 16.0. The van der Waals surface area contributed by atoms with E-state index >= 15 is 0 Å². The van der Waals surface area contributed by atoms with E-state index in [1.807, 2.05) is 6.07 Å². The molecule has 1 N–H and O–H groups in total. The number of hydrogen-bond donors (Lipinski definition) is 1. The van der Waals surface area contributed by atoms with Gasteiger partial charge < -0.3 is 9.73 Å². The van der Waals surface area contributed by atoms with Gasteiger partial charge in [0, 0.05) is 21.9 Å². The third-order valence-corrected chi connectivity index (χ3v) is 6.15. The van der Waals surface area contributed by atoms with Crippen molar-refractivity contribution in [2.24, 2.45) is 0 Å². The van der Waals surface area contributed by atoms with Gasteiger partial charge in [0.2, 0.25) is 5.91 Å². The minimum absolute atomic E-state index is 0.0584. The van der Waals surface area contributed by atoms with Crippen LogP contribution < -0.4 is 5.32 Å². The standard InChI is InChI=1S/C19H24N4O2S2/c1-5-15-13(4)26-10-16(15)18-21-22-19(23(18)12(2)3)27-11-17(24)20-9-14-7-6-8-25-14/h6-8,10,12H,5,9,11H2,1-4H3,(H,20,24). The first kappa shape index (κ1) is 19.7. The van der Waals surface area contributed by atoms with Crippen molar-refractivity contribution >= 4 is 29.0 Å². The van der Waals surface area contributed by atoms with Crippen molar-refractivity contribution in [1.82, 2.24) is 20.1 Å². The second kappa shape index (κ2) is 8.75. The van der Waals surface area contributed by atoms with E-state index < -0.39 is 0 Å². The molecule has 0 aliphatic heterocycles. The van der Waals surface area contributed by atoms with Crippen LogP contribution in [0.4, 0.5) is 0 Å². The second-order valence-corrected chi connectivity index (χ2v) is 8.48. The summed E-state index contributed by atoms with van der Waals surface area (Å²) in [6, 6.07) is 3.84. The zero-order valence-corrected chi connectivity index (χ0v) is 17.6. The largest absolute Gasteiger partial charge is 0.467 e. The van der Waals surface area contributed by atoms with Crippen LogP contribution in [0.25, 0.3) is 11.4 Å². The Labute approximate surface area is 167 Å². The van der Waals surface area contributed by atoms with Gasteiger partial charge in [0.05, 0.1) is 18.6 Å². The Morgan fingerprint density at radius 2 is 2.22 bits per heavy atom. The quantitative estimate of drug-likeness (QED) is 0.561. The van der Waals surface area contributed by atoms with Crippen LogP contribution in [0.2, 0.25) is 0 Å². The number of nitrogens with one attached hydrogen (secondary N) is 1. The molecule has 1 amide bonds. The Hall–Kier alpha value is -2.06. The zero-order chi connectivity index (χ0) is 19.4. The fourth-order valence-electron chi connectivity index (χ4n) is 2.91. The summed E-state index contributed by atoms with van der Waals surface area (Å²) >= 11 is 3.15. The Balaban J connectivity index is 1.72. The average molecular weight is 405 g/mol. The van der Waals surface area contributed by atoms with E-state index in [0.717, 1.165) is 28.7 Å². The molecular weight excluding hydrogens is 380 g/mol. The summed E-state index contributed by atoms with van der Waals surface area (Å²) in [7, 11) is 0. The van der Waals surface area contributed by atoms with Crippen molar-refractivity contribution in [2.75, 3.05) is 5.75 Å². The van der Waals surface area contributed by atoms with Gasteiger partial charge in [-0.3, -0.25) is 9.36 Å². The molecule has 0 fully saturated rings. The van der Waals surface area contributed by atoms with Gasteiger partial charge in [-0.05, 0) is 44.9 Å². The van der Waals surface area contributed by atoms with Crippen LogP contribution in [0.1, 0.15) is 43.0 Å². The Bertz CT molecular complexity index is 897. The number of furan rings is 1. The molecule has 0 aliphatic rings. The third kappa shape index (κ3) is 4.44. The smallest absolute Gasteiger partial charge is 0.230 e. The predicted molar refractivity (Wildman–Crippen MR) is 109 cm³/mol. The van der Waals surface area contributed by atoms with Crippen molar-refractivity contribution in [2.45, 2.75) is 51.9 Å². The summed E-state index contributed by atoms with van der Waals surface area (Å²) in [5, 5.41) is 14.6. The highest BCUT2D eigenvalue weighted by Gasteiger charge is 2.21. The van der Waals surface area contributed by atoms with Crippen molar-refractivity contribution < 1.29 is 9.21 Å². The van der Waals surface area contributed by atoms with Crippen molar-refractivity contribution in [1.29, 1.82) is 0 Å². The number of nitrogens with zero attached hydrogens (tertiary/aromatic N) is 3. The van der Waals surface area contributed by atoms with E-state index in [9.17, 15) is 4.79 Å². The van der Waals surface area contributed by atoms with Gasteiger partial charge in [0.25, 0.3) is 0 Å². The number of amides is 1. The van der Waals surface area contributed by atoms with Gasteiger partial charge in [0.15, 0.2) is 11.0 Å². The number of aromatic nitrogens is 3. The van der Waals surface area contributed by atoms with Crippen LogP contribution in [-0.4, -0.2) is 26.4 Å². The van der Waals surface area contributed by atoms with Crippen molar-refractivity contribution in [3.63, 3.8) is 0 Å². The average Bonchev–Trinajstić information content (AvgIpc) is 3.37. The van der Waals surface area contributed by atoms with Crippen LogP contribution in [-0.2, 0) is 17.8 Å². The van der Waals surface area contributed by atoms with Crippen molar-refractivity contribution in [3.8, 4) is 11.4 Å². The van der Waals surface area contributed by atoms with Crippen LogP contribution in [0.3, 0.4) is 0 Å². The molecule has 144 valence electrons. The SMILES string of the molecule is CCc1c(-c2nnc(SCC(=O)NCc3ccco3)n2C(C)C)csc1C. The van der Waals surface area contributed by atoms with E-state index in [1.54, 1.807) is 23.7 Å². The first-order valence-electron chi connectivity index (χ1n) is 8.95. The first-order valence-corrected chi connectivity index (χ1v) is 10.8. The lowest BCUT2D eigenvalue weighted by atomic mass is 10.1. The maximum absolute atomic E-state index is 12.1. The minimum atomic E-state index is -0.0584. The number of carbonyl (C=O) groups is 1. The summed E-state index contributed by atoms with van der Waals surface area (Å²) < 4.78 is 7.34. The molecule has 0 aromatic carbocycles. The Morgan fingerprint density at radius 1 is 1.41 bits per heavy atom. The van der Waals surface area contributed by atoms with Gasteiger partial charge in [-0.1, -0.05) is 18.7 Å². The van der Waals surface area contributed by atoms with E-state index in [0.29, 0.717) is 6.54 Å². The number of thioether (sulfide) groups is 1. The third-order valence-electron chi connectivity index (χ3n) is 4.25. The van der Waals surface area contributed by atoms with Crippen molar-refractivity contribution in [3.05, 3.63) is 40.0 Å². The first-order chi connectivity index (χ1) is 13.0. The molecule has 0 unspecified atom stereocenters. The fourth-order valence-corrected chi connectivity index (χ4v) is 4.75. The monoisotopic (exact) mass is 404 g/mol. The van der Waals surface area contributed by atoms with Crippen LogP contribution in [0, 0.1) is 6.92 Å². The van der Waals surface area contributed by atoms with E-state index in [1.165, 1.54) is 22.2 Å².